The minimum absolute atomic E-state index is 0.0573. The molecule has 0 aliphatic heterocycles. The topological polar surface area (TPSA) is 26.3 Å². The number of rotatable bonds is 4. The van der Waals surface area contributed by atoms with Gasteiger partial charge in [0.05, 0.1) is 6.51 Å². The van der Waals surface area contributed by atoms with Crippen LogP contribution in [0.4, 0.5) is 12.9 Å². The fraction of sp³-hybridized carbons (Fsp3) is 0.222. The lowest BCUT2D eigenvalue weighted by Gasteiger charge is -2.15. The van der Waals surface area contributed by atoms with Gasteiger partial charge >= 0.3 is 6.98 Å². The Morgan fingerprint density at radius 2 is 2.07 bits per heavy atom. The van der Waals surface area contributed by atoms with E-state index in [4.69, 9.17) is 0 Å². The molecule has 0 fully saturated rings. The zero-order valence-corrected chi connectivity index (χ0v) is 8.04. The van der Waals surface area contributed by atoms with Gasteiger partial charge in [0.2, 0.25) is 0 Å². The molecule has 0 amide bonds. The highest BCUT2D eigenvalue weighted by Gasteiger charge is 2.24. The summed E-state index contributed by atoms with van der Waals surface area (Å²) in [6, 6.07) is 5.68. The maximum Gasteiger partial charge on any atom is 0.515 e. The number of ether oxygens (including phenoxy) is 1. The van der Waals surface area contributed by atoms with E-state index in [0.717, 1.165) is 0 Å². The van der Waals surface area contributed by atoms with Crippen molar-refractivity contribution in [3.8, 4) is 5.75 Å². The second-order valence-electron chi connectivity index (χ2n) is 3.11. The minimum Gasteiger partial charge on any atom is -0.522 e. The first-order valence-electron chi connectivity index (χ1n) is 4.33. The molecule has 0 bridgehead atoms. The molecule has 0 atom stereocenters. The standard InChI is InChI=1S/C9H9BF3O2/c1-7(14)8-3-2-4-9(5-8)15-6-10(11,12)13/h2-5H,6H2,1H3/q-1. The Kier molecular flexibility index (Phi) is 3.39. The van der Waals surface area contributed by atoms with Crippen LogP contribution in [0.1, 0.15) is 17.3 Å². The number of hydrogen-bond acceptors (Lipinski definition) is 2. The van der Waals surface area contributed by atoms with Gasteiger partial charge in [0.1, 0.15) is 5.75 Å². The normalized spacial score (nSPS) is 11.2. The van der Waals surface area contributed by atoms with Crippen molar-refractivity contribution in [2.75, 3.05) is 6.51 Å². The van der Waals surface area contributed by atoms with Crippen LogP contribution >= 0.6 is 0 Å². The molecule has 0 spiro atoms. The van der Waals surface area contributed by atoms with E-state index in [1.54, 1.807) is 0 Å². The van der Waals surface area contributed by atoms with Crippen LogP contribution in [0.3, 0.4) is 0 Å². The molecule has 0 heterocycles. The third-order valence-electron chi connectivity index (χ3n) is 1.68. The van der Waals surface area contributed by atoms with Gasteiger partial charge in [-0.3, -0.25) is 4.79 Å². The van der Waals surface area contributed by atoms with E-state index < -0.39 is 13.5 Å². The molecular formula is C9H9BF3O2-. The molecule has 82 valence electrons. The Balaban J connectivity index is 2.70. The minimum atomic E-state index is -4.96. The Morgan fingerprint density at radius 3 is 2.60 bits per heavy atom. The first-order chi connectivity index (χ1) is 6.88. The number of carbonyl (C=O) groups is 1. The summed E-state index contributed by atoms with van der Waals surface area (Å²) in [5, 5.41) is 0. The van der Waals surface area contributed by atoms with Crippen LogP contribution in [0.5, 0.6) is 5.75 Å². The van der Waals surface area contributed by atoms with Crippen molar-refractivity contribution in [2.24, 2.45) is 0 Å². The van der Waals surface area contributed by atoms with Gasteiger partial charge in [0.15, 0.2) is 5.78 Å². The van der Waals surface area contributed by atoms with E-state index in [1.165, 1.54) is 31.2 Å². The van der Waals surface area contributed by atoms with E-state index in [-0.39, 0.29) is 11.5 Å². The monoisotopic (exact) mass is 217 g/mol. The molecule has 0 aliphatic carbocycles. The largest absolute Gasteiger partial charge is 0.522 e. The predicted octanol–water partition coefficient (Wildman–Crippen LogP) is 2.65. The van der Waals surface area contributed by atoms with Crippen LogP contribution in [-0.4, -0.2) is 19.3 Å². The van der Waals surface area contributed by atoms with E-state index >= 15 is 0 Å². The van der Waals surface area contributed by atoms with Crippen molar-refractivity contribution in [1.29, 1.82) is 0 Å². The quantitative estimate of drug-likeness (QED) is 0.572. The van der Waals surface area contributed by atoms with Gasteiger partial charge < -0.3 is 17.7 Å². The van der Waals surface area contributed by atoms with Crippen molar-refractivity contribution >= 4 is 12.8 Å². The molecule has 0 saturated carbocycles. The predicted molar refractivity (Wildman–Crippen MR) is 51.0 cm³/mol. The summed E-state index contributed by atoms with van der Waals surface area (Å²) in [7, 11) is 0. The van der Waals surface area contributed by atoms with Crippen molar-refractivity contribution in [2.45, 2.75) is 6.92 Å². The highest BCUT2D eigenvalue weighted by atomic mass is 19.4. The molecule has 0 saturated heterocycles. The molecular weight excluding hydrogens is 208 g/mol. The zero-order chi connectivity index (χ0) is 11.5. The third kappa shape index (κ3) is 4.06. The first-order valence-corrected chi connectivity index (χ1v) is 4.33. The highest BCUT2D eigenvalue weighted by molar-refractivity contribution is 6.58. The molecule has 1 aromatic rings. The summed E-state index contributed by atoms with van der Waals surface area (Å²) in [6.07, 6.45) is 0. The molecule has 0 aromatic heterocycles. The summed E-state index contributed by atoms with van der Waals surface area (Å²) in [6.45, 7) is -4.91. The maximum atomic E-state index is 11.9. The number of benzene rings is 1. The number of carbonyl (C=O) groups excluding carboxylic acids is 1. The van der Waals surface area contributed by atoms with Gasteiger partial charge in [0, 0.05) is 5.56 Å². The molecule has 0 radical (unpaired) electrons. The van der Waals surface area contributed by atoms with E-state index in [0.29, 0.717) is 5.56 Å². The lowest BCUT2D eigenvalue weighted by molar-refractivity contribution is 0.101. The van der Waals surface area contributed by atoms with Gasteiger partial charge in [0.25, 0.3) is 0 Å². The highest BCUT2D eigenvalue weighted by Crippen LogP contribution is 2.16. The molecule has 15 heavy (non-hydrogen) atoms. The second kappa shape index (κ2) is 4.38. The molecule has 6 heteroatoms. The van der Waals surface area contributed by atoms with Crippen LogP contribution in [0, 0.1) is 0 Å². The lowest BCUT2D eigenvalue weighted by atomic mass is 9.95. The van der Waals surface area contributed by atoms with Crippen LogP contribution in [0.2, 0.25) is 0 Å². The van der Waals surface area contributed by atoms with Crippen LogP contribution < -0.4 is 4.74 Å². The Labute approximate surface area is 85.1 Å². The van der Waals surface area contributed by atoms with Crippen molar-refractivity contribution in [3.05, 3.63) is 29.8 Å². The fourth-order valence-corrected chi connectivity index (χ4v) is 0.996. The number of halogens is 3. The van der Waals surface area contributed by atoms with Gasteiger partial charge in [-0.1, -0.05) is 12.1 Å². The molecule has 0 N–H and O–H groups in total. The molecule has 0 unspecified atom stereocenters. The Hall–Kier alpha value is -1.46. The average Bonchev–Trinajstić information content (AvgIpc) is 2.14. The second-order valence-corrected chi connectivity index (χ2v) is 3.11. The van der Waals surface area contributed by atoms with Crippen LogP contribution in [-0.2, 0) is 0 Å². The molecule has 1 aromatic carbocycles. The van der Waals surface area contributed by atoms with Crippen molar-refractivity contribution < 1.29 is 22.5 Å². The summed E-state index contributed by atoms with van der Waals surface area (Å²) < 4.78 is 40.1. The van der Waals surface area contributed by atoms with E-state index in [2.05, 4.69) is 4.74 Å². The third-order valence-corrected chi connectivity index (χ3v) is 1.68. The first kappa shape index (κ1) is 11.6. The van der Waals surface area contributed by atoms with Gasteiger partial charge in [-0.05, 0) is 19.1 Å². The number of Topliss-reactive ketones (excluding diaryl/α,β-unsaturated/α-hetero) is 1. The summed E-state index contributed by atoms with van der Waals surface area (Å²) in [4.78, 5) is 10.9. The summed E-state index contributed by atoms with van der Waals surface area (Å²) >= 11 is 0. The van der Waals surface area contributed by atoms with Crippen molar-refractivity contribution in [3.63, 3.8) is 0 Å². The zero-order valence-electron chi connectivity index (χ0n) is 8.04. The fourth-order valence-electron chi connectivity index (χ4n) is 0.996. The van der Waals surface area contributed by atoms with E-state index in [9.17, 15) is 17.7 Å². The smallest absolute Gasteiger partial charge is 0.515 e. The van der Waals surface area contributed by atoms with Crippen LogP contribution in [0.15, 0.2) is 24.3 Å². The van der Waals surface area contributed by atoms with Gasteiger partial charge in [-0.15, -0.1) is 0 Å². The summed E-state index contributed by atoms with van der Waals surface area (Å²) in [5.41, 5.74) is 0.335. The summed E-state index contributed by atoms with van der Waals surface area (Å²) in [5.74, 6) is -0.153. The lowest BCUT2D eigenvalue weighted by Crippen LogP contribution is -2.26. The number of ketones is 1. The SMILES string of the molecule is CC(=O)c1cccc(OC[B-](F)(F)F)c1. The maximum absolute atomic E-state index is 11.9. The molecule has 2 nitrogen and oxygen atoms in total. The van der Waals surface area contributed by atoms with Gasteiger partial charge in [-0.2, -0.15) is 0 Å². The molecule has 1 rings (SSSR count). The van der Waals surface area contributed by atoms with E-state index in [1.807, 2.05) is 0 Å². The van der Waals surface area contributed by atoms with Crippen LogP contribution in [0.25, 0.3) is 0 Å². The Morgan fingerprint density at radius 1 is 1.40 bits per heavy atom. The van der Waals surface area contributed by atoms with Crippen molar-refractivity contribution in [1.82, 2.24) is 0 Å². The number of hydrogen-bond donors (Lipinski definition) is 0. The Bertz CT molecular complexity index is 363. The average molecular weight is 217 g/mol. The molecule has 0 aliphatic rings. The van der Waals surface area contributed by atoms with Gasteiger partial charge in [-0.25, -0.2) is 0 Å².